The molecule has 0 aliphatic carbocycles. The van der Waals surface area contributed by atoms with Crippen LogP contribution >= 0.6 is 11.3 Å². The van der Waals surface area contributed by atoms with Crippen LogP contribution in [0, 0.1) is 6.92 Å². The summed E-state index contributed by atoms with van der Waals surface area (Å²) >= 11 is 1.50. The number of amides is 1. The zero-order valence-electron chi connectivity index (χ0n) is 11.0. The van der Waals surface area contributed by atoms with Gasteiger partial charge in [-0.2, -0.15) is 0 Å². The second-order valence-electron chi connectivity index (χ2n) is 4.30. The van der Waals surface area contributed by atoms with Crippen molar-refractivity contribution >= 4 is 27.5 Å². The Hall–Kier alpha value is -2.41. The number of nitrogens with zero attached hydrogens (tertiary/aromatic N) is 3. The van der Waals surface area contributed by atoms with Crippen LogP contribution in [-0.4, -0.2) is 15.6 Å². The second-order valence-corrected chi connectivity index (χ2v) is 5.31. The van der Waals surface area contributed by atoms with Gasteiger partial charge < -0.3 is 9.09 Å². The van der Waals surface area contributed by atoms with Crippen LogP contribution in [0.3, 0.4) is 0 Å². The number of benzene rings is 1. The van der Waals surface area contributed by atoms with E-state index in [1.807, 2.05) is 35.9 Å². The third kappa shape index (κ3) is 2.23. The van der Waals surface area contributed by atoms with Crippen LogP contribution in [0.15, 0.2) is 40.0 Å². The molecule has 3 aromatic rings. The van der Waals surface area contributed by atoms with Gasteiger partial charge in [-0.15, -0.1) is 5.10 Å². The summed E-state index contributed by atoms with van der Waals surface area (Å²) in [4.78, 5) is 12.5. The van der Waals surface area contributed by atoms with Gasteiger partial charge in [0.2, 0.25) is 10.6 Å². The SMILES string of the molecule is Cc1cc(C(=O)N/N=c2\sc3ccccc3n2C)on1. The first kappa shape index (κ1) is 12.6. The molecule has 20 heavy (non-hydrogen) atoms. The Morgan fingerprint density at radius 2 is 2.25 bits per heavy atom. The number of aromatic nitrogens is 2. The molecule has 1 aromatic carbocycles. The average Bonchev–Trinajstić information content (AvgIpc) is 3.01. The quantitative estimate of drug-likeness (QED) is 0.731. The van der Waals surface area contributed by atoms with Gasteiger partial charge in [0, 0.05) is 13.1 Å². The highest BCUT2D eigenvalue weighted by molar-refractivity contribution is 7.16. The van der Waals surface area contributed by atoms with Crippen molar-refractivity contribution in [1.82, 2.24) is 15.1 Å². The Morgan fingerprint density at radius 1 is 1.45 bits per heavy atom. The molecule has 3 rings (SSSR count). The minimum absolute atomic E-state index is 0.148. The lowest BCUT2D eigenvalue weighted by atomic mass is 10.3. The highest BCUT2D eigenvalue weighted by Crippen LogP contribution is 2.14. The number of carbonyl (C=O) groups is 1. The summed E-state index contributed by atoms with van der Waals surface area (Å²) in [6.07, 6.45) is 0. The molecule has 0 spiro atoms. The van der Waals surface area contributed by atoms with E-state index in [0.717, 1.165) is 10.2 Å². The number of para-hydroxylation sites is 1. The van der Waals surface area contributed by atoms with Crippen LogP contribution in [0.4, 0.5) is 0 Å². The molecule has 102 valence electrons. The van der Waals surface area contributed by atoms with Crippen molar-refractivity contribution in [3.8, 4) is 0 Å². The lowest BCUT2D eigenvalue weighted by Crippen LogP contribution is -2.22. The molecule has 0 saturated carbocycles. The summed E-state index contributed by atoms with van der Waals surface area (Å²) < 4.78 is 7.91. The molecule has 0 bridgehead atoms. The molecule has 0 saturated heterocycles. The Kier molecular flexibility index (Phi) is 3.11. The van der Waals surface area contributed by atoms with Gasteiger partial charge in [-0.25, -0.2) is 5.43 Å². The number of aryl methyl sites for hydroxylation is 2. The van der Waals surface area contributed by atoms with E-state index < -0.39 is 5.91 Å². The second kappa shape index (κ2) is 4.93. The summed E-state index contributed by atoms with van der Waals surface area (Å²) in [5.41, 5.74) is 4.20. The average molecular weight is 288 g/mol. The lowest BCUT2D eigenvalue weighted by Gasteiger charge is -1.95. The fourth-order valence-electron chi connectivity index (χ4n) is 1.81. The van der Waals surface area contributed by atoms with Gasteiger partial charge in [-0.05, 0) is 19.1 Å². The summed E-state index contributed by atoms with van der Waals surface area (Å²) in [5.74, 6) is -0.266. The van der Waals surface area contributed by atoms with Crippen molar-refractivity contribution in [3.63, 3.8) is 0 Å². The molecule has 7 heteroatoms. The monoisotopic (exact) mass is 288 g/mol. The van der Waals surface area contributed by atoms with Gasteiger partial charge in [0.05, 0.1) is 15.9 Å². The smallest absolute Gasteiger partial charge is 0.310 e. The van der Waals surface area contributed by atoms with E-state index in [0.29, 0.717) is 10.5 Å². The molecular formula is C13H12N4O2S. The number of thiazole rings is 1. The maximum absolute atomic E-state index is 11.8. The molecule has 2 aromatic heterocycles. The Balaban J connectivity index is 1.91. The zero-order valence-corrected chi connectivity index (χ0v) is 11.8. The first-order chi connectivity index (χ1) is 9.65. The molecule has 6 nitrogen and oxygen atoms in total. The number of carbonyl (C=O) groups excluding carboxylic acids is 1. The van der Waals surface area contributed by atoms with Crippen LogP contribution in [0.25, 0.3) is 10.2 Å². The van der Waals surface area contributed by atoms with Crippen LogP contribution < -0.4 is 10.2 Å². The first-order valence-corrected chi connectivity index (χ1v) is 6.79. The molecule has 0 fully saturated rings. The lowest BCUT2D eigenvalue weighted by molar-refractivity contribution is 0.0916. The molecule has 0 radical (unpaired) electrons. The highest BCUT2D eigenvalue weighted by Gasteiger charge is 2.10. The zero-order chi connectivity index (χ0) is 14.1. The van der Waals surface area contributed by atoms with Crippen molar-refractivity contribution < 1.29 is 9.32 Å². The Bertz CT molecular complexity index is 843. The summed E-state index contributed by atoms with van der Waals surface area (Å²) in [6.45, 7) is 1.75. The van der Waals surface area contributed by atoms with Crippen molar-refractivity contribution in [1.29, 1.82) is 0 Å². The third-order valence-corrected chi connectivity index (χ3v) is 3.93. The van der Waals surface area contributed by atoms with Gasteiger partial charge in [-0.1, -0.05) is 28.6 Å². The van der Waals surface area contributed by atoms with Crippen LogP contribution in [0.1, 0.15) is 16.2 Å². The summed E-state index contributed by atoms with van der Waals surface area (Å²) in [6, 6.07) is 9.52. The molecular weight excluding hydrogens is 276 g/mol. The van der Waals surface area contributed by atoms with E-state index in [4.69, 9.17) is 4.52 Å². The van der Waals surface area contributed by atoms with E-state index in [-0.39, 0.29) is 5.76 Å². The fourth-order valence-corrected chi connectivity index (χ4v) is 2.79. The molecule has 1 N–H and O–H groups in total. The molecule has 0 atom stereocenters. The summed E-state index contributed by atoms with van der Waals surface area (Å²) in [7, 11) is 1.91. The van der Waals surface area contributed by atoms with Gasteiger partial charge in [0.25, 0.3) is 0 Å². The topological polar surface area (TPSA) is 72.4 Å². The van der Waals surface area contributed by atoms with Crippen LogP contribution in [-0.2, 0) is 7.05 Å². The van der Waals surface area contributed by atoms with Crippen LogP contribution in [0.2, 0.25) is 0 Å². The van der Waals surface area contributed by atoms with E-state index in [1.165, 1.54) is 11.3 Å². The van der Waals surface area contributed by atoms with Gasteiger partial charge in [0.15, 0.2) is 0 Å². The normalized spacial score (nSPS) is 12.0. The van der Waals surface area contributed by atoms with E-state index in [9.17, 15) is 4.79 Å². The minimum Gasteiger partial charge on any atom is -0.351 e. The number of fused-ring (bicyclic) bond motifs is 1. The Labute approximate surface area is 118 Å². The summed E-state index contributed by atoms with van der Waals surface area (Å²) in [5, 5.41) is 7.79. The van der Waals surface area contributed by atoms with E-state index >= 15 is 0 Å². The minimum atomic E-state index is -0.414. The molecule has 0 unspecified atom stereocenters. The van der Waals surface area contributed by atoms with Crippen LogP contribution in [0.5, 0.6) is 0 Å². The fraction of sp³-hybridized carbons (Fsp3) is 0.154. The van der Waals surface area contributed by atoms with E-state index in [2.05, 4.69) is 15.7 Å². The van der Waals surface area contributed by atoms with Gasteiger partial charge in [0.1, 0.15) is 0 Å². The standard InChI is InChI=1S/C13H12N4O2S/c1-8-7-10(19-16-8)12(18)14-15-13-17(2)9-5-3-4-6-11(9)20-13/h3-7H,1-2H3,(H,14,18)/b15-13-. The Morgan fingerprint density at radius 3 is 2.95 bits per heavy atom. The molecule has 2 heterocycles. The predicted molar refractivity (Wildman–Crippen MR) is 75.1 cm³/mol. The van der Waals surface area contributed by atoms with Crippen molar-refractivity contribution in [2.75, 3.05) is 0 Å². The maximum atomic E-state index is 11.8. The van der Waals surface area contributed by atoms with Gasteiger partial charge in [-0.3, -0.25) is 4.79 Å². The molecule has 1 amide bonds. The number of rotatable bonds is 2. The van der Waals surface area contributed by atoms with Crippen molar-refractivity contribution in [2.24, 2.45) is 12.1 Å². The number of nitrogens with one attached hydrogen (secondary N) is 1. The van der Waals surface area contributed by atoms with Crippen molar-refractivity contribution in [3.05, 3.63) is 46.6 Å². The molecule has 0 aliphatic heterocycles. The van der Waals surface area contributed by atoms with Crippen molar-refractivity contribution in [2.45, 2.75) is 6.92 Å². The molecule has 0 aliphatic rings. The maximum Gasteiger partial charge on any atom is 0.310 e. The van der Waals surface area contributed by atoms with E-state index in [1.54, 1.807) is 13.0 Å². The number of hydrogen-bond donors (Lipinski definition) is 1. The first-order valence-electron chi connectivity index (χ1n) is 5.97. The van der Waals surface area contributed by atoms with Gasteiger partial charge >= 0.3 is 5.91 Å². The predicted octanol–water partition coefficient (Wildman–Crippen LogP) is 1.78. The largest absolute Gasteiger partial charge is 0.351 e. The highest BCUT2D eigenvalue weighted by atomic mass is 32.1. The number of hydrogen-bond acceptors (Lipinski definition) is 5. The third-order valence-electron chi connectivity index (χ3n) is 2.82.